The molecule has 2 fully saturated rings. The molecule has 3 nitrogen and oxygen atoms in total. The molecule has 1 heterocycles. The maximum atomic E-state index is 10.2. The fraction of sp³-hybridized carbons (Fsp3) is 0.833. The molecule has 9 heavy (non-hydrogen) atoms. The highest BCUT2D eigenvalue weighted by molar-refractivity contribution is 5.61. The van der Waals surface area contributed by atoms with E-state index < -0.39 is 0 Å². The third-order valence-electron chi connectivity index (χ3n) is 1.80. The summed E-state index contributed by atoms with van der Waals surface area (Å²) in [7, 11) is 0. The van der Waals surface area contributed by atoms with E-state index in [1.54, 1.807) is 0 Å². The van der Waals surface area contributed by atoms with Gasteiger partial charge in [0.2, 0.25) is 0 Å². The van der Waals surface area contributed by atoms with Gasteiger partial charge in [0.25, 0.3) is 0 Å². The molecule has 1 saturated carbocycles. The largest absolute Gasteiger partial charge is 0.372 e. The summed E-state index contributed by atoms with van der Waals surface area (Å²) in [4.78, 5) is 10.2. The second kappa shape index (κ2) is 1.78. The van der Waals surface area contributed by atoms with Crippen LogP contribution >= 0.6 is 0 Å². The van der Waals surface area contributed by atoms with E-state index in [4.69, 9.17) is 9.47 Å². The second-order valence-corrected chi connectivity index (χ2v) is 2.38. The van der Waals surface area contributed by atoms with Crippen molar-refractivity contribution in [2.45, 2.75) is 12.2 Å². The highest BCUT2D eigenvalue weighted by Gasteiger charge is 2.54. The Morgan fingerprint density at radius 1 is 1.22 bits per heavy atom. The highest BCUT2D eigenvalue weighted by Crippen LogP contribution is 2.37. The Labute approximate surface area is 52.9 Å². The van der Waals surface area contributed by atoms with E-state index in [1.165, 1.54) is 0 Å². The zero-order chi connectivity index (χ0) is 6.27. The Bertz CT molecular complexity index is 122. The molecular formula is C6H8O3. The van der Waals surface area contributed by atoms with E-state index in [0.717, 1.165) is 6.29 Å². The standard InChI is InChI=1S/C6H8O3/c7-3-4-5-6(4)9-2-1-8-5/h3-6H,1-2H2. The first kappa shape index (κ1) is 5.38. The second-order valence-electron chi connectivity index (χ2n) is 2.38. The highest BCUT2D eigenvalue weighted by atomic mass is 16.6. The van der Waals surface area contributed by atoms with Crippen molar-refractivity contribution < 1.29 is 14.3 Å². The fourth-order valence-electron chi connectivity index (χ4n) is 1.21. The molecule has 0 spiro atoms. The fourth-order valence-corrected chi connectivity index (χ4v) is 1.21. The molecule has 1 aliphatic carbocycles. The number of rotatable bonds is 1. The molecule has 0 aromatic rings. The molecule has 0 N–H and O–H groups in total. The molecule has 0 amide bonds. The van der Waals surface area contributed by atoms with Crippen molar-refractivity contribution in [3.8, 4) is 0 Å². The molecule has 3 heteroatoms. The maximum absolute atomic E-state index is 10.2. The molecule has 50 valence electrons. The van der Waals surface area contributed by atoms with E-state index in [0.29, 0.717) is 13.2 Å². The van der Waals surface area contributed by atoms with Crippen molar-refractivity contribution in [3.63, 3.8) is 0 Å². The van der Waals surface area contributed by atoms with Gasteiger partial charge in [0.15, 0.2) is 0 Å². The van der Waals surface area contributed by atoms with Crippen LogP contribution in [0.15, 0.2) is 0 Å². The van der Waals surface area contributed by atoms with E-state index in [2.05, 4.69) is 0 Å². The van der Waals surface area contributed by atoms with Gasteiger partial charge < -0.3 is 14.3 Å². The number of hydrogen-bond donors (Lipinski definition) is 0. The van der Waals surface area contributed by atoms with Gasteiger partial charge in [-0.15, -0.1) is 0 Å². The first-order valence-corrected chi connectivity index (χ1v) is 3.12. The molecule has 2 rings (SSSR count). The monoisotopic (exact) mass is 128 g/mol. The van der Waals surface area contributed by atoms with Crippen LogP contribution in [0.5, 0.6) is 0 Å². The Hall–Kier alpha value is -0.410. The zero-order valence-corrected chi connectivity index (χ0v) is 4.95. The number of aldehydes is 1. The molecule has 2 aliphatic rings. The van der Waals surface area contributed by atoms with Gasteiger partial charge in [-0.05, 0) is 0 Å². The topological polar surface area (TPSA) is 35.5 Å². The summed E-state index contributed by atoms with van der Waals surface area (Å²) >= 11 is 0. The minimum atomic E-state index is 0.0347. The smallest absolute Gasteiger partial charge is 0.128 e. The van der Waals surface area contributed by atoms with Gasteiger partial charge in [0.05, 0.1) is 31.3 Å². The van der Waals surface area contributed by atoms with Gasteiger partial charge in [0, 0.05) is 0 Å². The lowest BCUT2D eigenvalue weighted by molar-refractivity contribution is -0.109. The van der Waals surface area contributed by atoms with Crippen LogP contribution in [0.1, 0.15) is 0 Å². The first-order valence-electron chi connectivity index (χ1n) is 3.12. The summed E-state index contributed by atoms with van der Waals surface area (Å²) in [5, 5.41) is 0. The van der Waals surface area contributed by atoms with E-state index in [9.17, 15) is 4.79 Å². The van der Waals surface area contributed by atoms with Crippen LogP contribution in [0, 0.1) is 5.92 Å². The Balaban J connectivity index is 1.98. The quantitative estimate of drug-likeness (QED) is 0.451. The van der Waals surface area contributed by atoms with E-state index in [-0.39, 0.29) is 18.1 Å². The van der Waals surface area contributed by atoms with Crippen LogP contribution in [0.4, 0.5) is 0 Å². The van der Waals surface area contributed by atoms with Crippen LogP contribution in [0.2, 0.25) is 0 Å². The first-order chi connectivity index (χ1) is 4.43. The minimum Gasteiger partial charge on any atom is -0.372 e. The summed E-state index contributed by atoms with van der Waals surface area (Å²) < 4.78 is 10.4. The molecular weight excluding hydrogens is 120 g/mol. The van der Waals surface area contributed by atoms with Crippen LogP contribution in [-0.2, 0) is 14.3 Å². The SMILES string of the molecule is O=CC1C2OCCOC12. The van der Waals surface area contributed by atoms with E-state index >= 15 is 0 Å². The predicted molar refractivity (Wildman–Crippen MR) is 29.0 cm³/mol. The van der Waals surface area contributed by atoms with Gasteiger partial charge in [0.1, 0.15) is 6.29 Å². The van der Waals surface area contributed by atoms with Crippen LogP contribution in [0.25, 0.3) is 0 Å². The number of fused-ring (bicyclic) bond motifs is 1. The average Bonchev–Trinajstić information content (AvgIpc) is 2.60. The van der Waals surface area contributed by atoms with Gasteiger partial charge in [-0.3, -0.25) is 0 Å². The van der Waals surface area contributed by atoms with Crippen LogP contribution < -0.4 is 0 Å². The van der Waals surface area contributed by atoms with Crippen molar-refractivity contribution in [2.24, 2.45) is 5.92 Å². The third kappa shape index (κ3) is 0.686. The molecule has 1 saturated heterocycles. The normalized spacial score (nSPS) is 47.8. The number of carbonyl (C=O) groups is 1. The summed E-state index contributed by atoms with van der Waals surface area (Å²) in [5.74, 6) is 0.0347. The Kier molecular flexibility index (Phi) is 1.07. The molecule has 0 radical (unpaired) electrons. The zero-order valence-electron chi connectivity index (χ0n) is 4.95. The van der Waals surface area contributed by atoms with Crippen molar-refractivity contribution in [1.29, 1.82) is 0 Å². The summed E-state index contributed by atoms with van der Waals surface area (Å²) in [5.41, 5.74) is 0. The average molecular weight is 128 g/mol. The van der Waals surface area contributed by atoms with Crippen molar-refractivity contribution in [3.05, 3.63) is 0 Å². The molecule has 0 bridgehead atoms. The lowest BCUT2D eigenvalue weighted by Crippen LogP contribution is -2.16. The molecule has 0 aromatic carbocycles. The number of ether oxygens (including phenoxy) is 2. The summed E-state index contributed by atoms with van der Waals surface area (Å²) in [6, 6.07) is 0. The minimum absolute atomic E-state index is 0.0347. The third-order valence-corrected chi connectivity index (χ3v) is 1.80. The van der Waals surface area contributed by atoms with Crippen molar-refractivity contribution in [2.75, 3.05) is 13.2 Å². The molecule has 2 unspecified atom stereocenters. The molecule has 0 aromatic heterocycles. The van der Waals surface area contributed by atoms with Gasteiger partial charge in [-0.1, -0.05) is 0 Å². The van der Waals surface area contributed by atoms with Gasteiger partial charge in [-0.2, -0.15) is 0 Å². The Morgan fingerprint density at radius 3 is 2.22 bits per heavy atom. The van der Waals surface area contributed by atoms with Crippen molar-refractivity contribution in [1.82, 2.24) is 0 Å². The van der Waals surface area contributed by atoms with Crippen LogP contribution in [0.3, 0.4) is 0 Å². The lowest BCUT2D eigenvalue weighted by Gasteiger charge is -2.08. The lowest BCUT2D eigenvalue weighted by atomic mass is 10.5. The maximum Gasteiger partial charge on any atom is 0.128 e. The van der Waals surface area contributed by atoms with Crippen molar-refractivity contribution >= 4 is 6.29 Å². The van der Waals surface area contributed by atoms with Gasteiger partial charge >= 0.3 is 0 Å². The molecule has 2 atom stereocenters. The summed E-state index contributed by atoms with van der Waals surface area (Å²) in [6.07, 6.45) is 1.10. The Morgan fingerprint density at radius 2 is 1.78 bits per heavy atom. The number of hydrogen-bond acceptors (Lipinski definition) is 3. The van der Waals surface area contributed by atoms with Crippen LogP contribution in [-0.4, -0.2) is 31.7 Å². The van der Waals surface area contributed by atoms with Gasteiger partial charge in [-0.25, -0.2) is 0 Å². The predicted octanol–water partition coefficient (Wildman–Crippen LogP) is -0.401. The number of carbonyl (C=O) groups excluding carboxylic acids is 1. The van der Waals surface area contributed by atoms with E-state index in [1.807, 2.05) is 0 Å². The molecule has 1 aliphatic heterocycles. The summed E-state index contributed by atoms with van der Waals surface area (Å²) in [6.45, 7) is 1.29.